The van der Waals surface area contributed by atoms with E-state index in [1.165, 1.54) is 0 Å². The fourth-order valence-electron chi connectivity index (χ4n) is 7.68. The van der Waals surface area contributed by atoms with E-state index in [9.17, 15) is 14.9 Å². The molecule has 7 heteroatoms. The molecule has 0 aromatic carbocycles. The normalized spacial score (nSPS) is 48.6. The molecule has 1 heterocycles. The summed E-state index contributed by atoms with van der Waals surface area (Å²) < 4.78 is 6.13. The number of carbonyl (C=O) groups is 2. The van der Waals surface area contributed by atoms with Gasteiger partial charge in [-0.15, -0.1) is 0 Å². The number of nitrogens with zero attached hydrogens (tertiary/aromatic N) is 2. The summed E-state index contributed by atoms with van der Waals surface area (Å²) in [4.78, 5) is 28.0. The molecule has 156 valence electrons. The number of likely N-dealkylation sites (tertiary alicyclic amines) is 1. The third-order valence-electron chi connectivity index (χ3n) is 8.99. The maximum Gasteiger partial charge on any atom is 0.326 e. The molecule has 6 atom stereocenters. The molecule has 0 aromatic heterocycles. The molecule has 1 saturated heterocycles. The number of esters is 1. The van der Waals surface area contributed by atoms with Gasteiger partial charge in [-0.25, -0.2) is 0 Å². The van der Waals surface area contributed by atoms with E-state index in [0.29, 0.717) is 37.0 Å². The smallest absolute Gasteiger partial charge is 0.326 e. The van der Waals surface area contributed by atoms with E-state index in [-0.39, 0.29) is 29.4 Å². The molecule has 7 fully saturated rings. The molecule has 7 nitrogen and oxygen atoms in total. The number of ether oxygens (including phenoxy) is 1. The molecule has 0 aromatic rings. The lowest BCUT2D eigenvalue weighted by molar-refractivity contribution is -0.207. The van der Waals surface area contributed by atoms with Crippen LogP contribution in [0.4, 0.5) is 0 Å². The highest BCUT2D eigenvalue weighted by molar-refractivity contribution is 5.85. The fourth-order valence-corrected chi connectivity index (χ4v) is 7.68. The van der Waals surface area contributed by atoms with Gasteiger partial charge in [0.2, 0.25) is 5.91 Å². The summed E-state index contributed by atoms with van der Waals surface area (Å²) in [6.07, 6.45) is 8.63. The fraction of sp³-hybridized carbons (Fsp3) is 0.864. The standard InChI is InChI=1S/C22H30N4O3/c23-10-15-4-14-5-16(14)26(15)18(27)17(24)20-6-12-3-13(7-20)9-21(8-12,11-20)29-19(28)22(25)1-2-22/h12-17H,1-9,11,24-25H2. The average molecular weight is 399 g/mol. The molecule has 7 aliphatic rings. The van der Waals surface area contributed by atoms with Crippen LogP contribution >= 0.6 is 0 Å². The van der Waals surface area contributed by atoms with E-state index in [4.69, 9.17) is 16.2 Å². The van der Waals surface area contributed by atoms with Crippen molar-refractivity contribution in [2.24, 2.45) is 34.6 Å². The van der Waals surface area contributed by atoms with Crippen LogP contribution in [0.3, 0.4) is 0 Å². The van der Waals surface area contributed by atoms with Crippen molar-refractivity contribution in [3.8, 4) is 6.07 Å². The monoisotopic (exact) mass is 398 g/mol. The van der Waals surface area contributed by atoms with Gasteiger partial charge in [0.15, 0.2) is 0 Å². The topological polar surface area (TPSA) is 122 Å². The molecule has 0 radical (unpaired) electrons. The maximum absolute atomic E-state index is 13.5. The zero-order chi connectivity index (χ0) is 20.2. The zero-order valence-electron chi connectivity index (χ0n) is 16.8. The van der Waals surface area contributed by atoms with Gasteiger partial charge in [-0.1, -0.05) is 0 Å². The van der Waals surface area contributed by atoms with Crippen molar-refractivity contribution < 1.29 is 14.3 Å². The van der Waals surface area contributed by atoms with E-state index in [0.717, 1.165) is 44.9 Å². The summed E-state index contributed by atoms with van der Waals surface area (Å²) in [7, 11) is 0. The molecule has 29 heavy (non-hydrogen) atoms. The van der Waals surface area contributed by atoms with Gasteiger partial charge >= 0.3 is 5.97 Å². The van der Waals surface area contributed by atoms with Gasteiger partial charge in [0.1, 0.15) is 17.2 Å². The van der Waals surface area contributed by atoms with E-state index in [1.54, 1.807) is 4.90 Å². The molecule has 6 unspecified atom stereocenters. The second-order valence-corrected chi connectivity index (χ2v) is 11.2. The number of hydrogen-bond donors (Lipinski definition) is 2. The van der Waals surface area contributed by atoms with Crippen LogP contribution in [-0.4, -0.2) is 46.0 Å². The number of piperidine rings is 1. The van der Waals surface area contributed by atoms with E-state index in [2.05, 4.69) is 6.07 Å². The first-order chi connectivity index (χ1) is 13.8. The van der Waals surface area contributed by atoms with Crippen molar-refractivity contribution in [1.82, 2.24) is 4.90 Å². The van der Waals surface area contributed by atoms with Crippen LogP contribution in [0.25, 0.3) is 0 Å². The Labute approximate surface area is 171 Å². The van der Waals surface area contributed by atoms with E-state index >= 15 is 0 Å². The third-order valence-corrected chi connectivity index (χ3v) is 8.99. The predicted octanol–water partition coefficient (Wildman–Crippen LogP) is 1.20. The first kappa shape index (κ1) is 18.1. The SMILES string of the molecule is N#CC1CC2CC2N1C(=O)C(N)C12CC3CC(CC(OC(=O)C4(N)CC4)(C3)C1)C2. The Hall–Kier alpha value is -1.65. The van der Waals surface area contributed by atoms with Crippen LogP contribution in [0, 0.1) is 34.5 Å². The lowest BCUT2D eigenvalue weighted by Crippen LogP contribution is -2.66. The quantitative estimate of drug-likeness (QED) is 0.686. The number of amides is 1. The van der Waals surface area contributed by atoms with Crippen molar-refractivity contribution in [2.75, 3.05) is 0 Å². The van der Waals surface area contributed by atoms with E-state index in [1.807, 2.05) is 0 Å². The van der Waals surface area contributed by atoms with Crippen molar-refractivity contribution in [2.45, 2.75) is 93.5 Å². The van der Waals surface area contributed by atoms with Crippen molar-refractivity contribution in [3.05, 3.63) is 0 Å². The van der Waals surface area contributed by atoms with E-state index < -0.39 is 17.2 Å². The minimum absolute atomic E-state index is 0.0533. The number of rotatable bonds is 4. The summed E-state index contributed by atoms with van der Waals surface area (Å²) in [5.41, 5.74) is 11.2. The largest absolute Gasteiger partial charge is 0.458 e. The van der Waals surface area contributed by atoms with Crippen molar-refractivity contribution in [1.29, 1.82) is 5.26 Å². The Bertz CT molecular complexity index is 816. The predicted molar refractivity (Wildman–Crippen MR) is 103 cm³/mol. The molecule has 7 rings (SSSR count). The molecule has 1 aliphatic heterocycles. The van der Waals surface area contributed by atoms with Gasteiger partial charge in [0.25, 0.3) is 0 Å². The highest BCUT2D eigenvalue weighted by Gasteiger charge is 2.65. The summed E-state index contributed by atoms with van der Waals surface area (Å²) in [5, 5.41) is 9.51. The van der Waals surface area contributed by atoms with Crippen molar-refractivity contribution in [3.63, 3.8) is 0 Å². The number of hydrogen-bond acceptors (Lipinski definition) is 6. The number of nitrogens with two attached hydrogens (primary N) is 2. The van der Waals surface area contributed by atoms with Gasteiger partial charge in [-0.3, -0.25) is 9.59 Å². The first-order valence-electron chi connectivity index (χ1n) is 11.3. The Morgan fingerprint density at radius 2 is 1.79 bits per heavy atom. The second-order valence-electron chi connectivity index (χ2n) is 11.2. The summed E-state index contributed by atoms with van der Waals surface area (Å²) in [6, 6.07) is 1.58. The van der Waals surface area contributed by atoms with Gasteiger partial charge in [0.05, 0.1) is 12.1 Å². The molecule has 6 aliphatic carbocycles. The number of fused-ring (bicyclic) bond motifs is 1. The van der Waals surface area contributed by atoms with Gasteiger partial charge in [0, 0.05) is 6.04 Å². The average Bonchev–Trinajstić information content (AvgIpc) is 3.57. The number of carbonyl (C=O) groups excluding carboxylic acids is 2. The highest BCUT2D eigenvalue weighted by Crippen LogP contribution is 2.64. The Balaban J connectivity index is 1.27. The van der Waals surface area contributed by atoms with Crippen LogP contribution in [0.1, 0.15) is 64.2 Å². The minimum Gasteiger partial charge on any atom is -0.458 e. The Kier molecular flexibility index (Phi) is 3.46. The van der Waals surface area contributed by atoms with Crippen LogP contribution in [0.2, 0.25) is 0 Å². The molecular weight excluding hydrogens is 368 g/mol. The molecule has 6 saturated carbocycles. The minimum atomic E-state index is -0.787. The summed E-state index contributed by atoms with van der Waals surface area (Å²) >= 11 is 0. The molecular formula is C22H30N4O3. The lowest BCUT2D eigenvalue weighted by Gasteiger charge is -2.62. The summed E-state index contributed by atoms with van der Waals surface area (Å²) in [6.45, 7) is 0. The third kappa shape index (κ3) is 2.55. The molecule has 0 spiro atoms. The highest BCUT2D eigenvalue weighted by atomic mass is 16.6. The van der Waals surface area contributed by atoms with Crippen molar-refractivity contribution >= 4 is 11.9 Å². The Morgan fingerprint density at radius 1 is 1.10 bits per heavy atom. The van der Waals surface area contributed by atoms with Crippen LogP contribution in [0.5, 0.6) is 0 Å². The number of nitriles is 1. The zero-order valence-corrected chi connectivity index (χ0v) is 16.8. The first-order valence-corrected chi connectivity index (χ1v) is 11.3. The van der Waals surface area contributed by atoms with Crippen LogP contribution < -0.4 is 11.5 Å². The lowest BCUT2D eigenvalue weighted by atomic mass is 9.46. The van der Waals surface area contributed by atoms with Gasteiger partial charge < -0.3 is 21.1 Å². The van der Waals surface area contributed by atoms with Gasteiger partial charge in [-0.2, -0.15) is 5.26 Å². The second kappa shape index (κ2) is 5.53. The Morgan fingerprint density at radius 3 is 2.41 bits per heavy atom. The molecule has 1 amide bonds. The van der Waals surface area contributed by atoms with Gasteiger partial charge in [-0.05, 0) is 87.4 Å². The molecule has 4 bridgehead atoms. The maximum atomic E-state index is 13.5. The van der Waals surface area contributed by atoms with Crippen LogP contribution in [-0.2, 0) is 14.3 Å². The molecule has 4 N–H and O–H groups in total. The summed E-state index contributed by atoms with van der Waals surface area (Å²) in [5.74, 6) is 1.07. The van der Waals surface area contributed by atoms with Crippen LogP contribution in [0.15, 0.2) is 0 Å².